The SMILES string of the molecule is NC1CCC(NCCCc2ccccc2)CC1. The lowest BCUT2D eigenvalue weighted by molar-refractivity contribution is 0.342. The van der Waals surface area contributed by atoms with Crippen molar-refractivity contribution in [2.24, 2.45) is 5.73 Å². The minimum Gasteiger partial charge on any atom is -0.328 e. The van der Waals surface area contributed by atoms with Gasteiger partial charge < -0.3 is 11.1 Å². The number of nitrogens with two attached hydrogens (primary N) is 1. The second-order valence-electron chi connectivity index (χ2n) is 5.15. The Morgan fingerprint density at radius 1 is 1.06 bits per heavy atom. The summed E-state index contributed by atoms with van der Waals surface area (Å²) in [6.07, 6.45) is 7.30. The van der Waals surface area contributed by atoms with E-state index in [1.807, 2.05) is 0 Å². The van der Waals surface area contributed by atoms with Crippen LogP contribution in [0.25, 0.3) is 0 Å². The molecule has 1 aliphatic rings. The van der Waals surface area contributed by atoms with E-state index in [1.165, 1.54) is 44.1 Å². The first-order valence-electron chi connectivity index (χ1n) is 6.87. The molecule has 0 spiro atoms. The Labute approximate surface area is 105 Å². The van der Waals surface area contributed by atoms with Gasteiger partial charge in [0.05, 0.1) is 0 Å². The molecule has 3 N–H and O–H groups in total. The molecular formula is C15H24N2. The van der Waals surface area contributed by atoms with E-state index in [4.69, 9.17) is 5.73 Å². The van der Waals surface area contributed by atoms with Crippen LogP contribution < -0.4 is 11.1 Å². The van der Waals surface area contributed by atoms with Crippen molar-refractivity contribution in [2.45, 2.75) is 50.6 Å². The molecule has 0 unspecified atom stereocenters. The van der Waals surface area contributed by atoms with Crippen LogP contribution in [0.2, 0.25) is 0 Å². The summed E-state index contributed by atoms with van der Waals surface area (Å²) < 4.78 is 0. The molecule has 0 radical (unpaired) electrons. The summed E-state index contributed by atoms with van der Waals surface area (Å²) in [4.78, 5) is 0. The van der Waals surface area contributed by atoms with Gasteiger partial charge in [0, 0.05) is 12.1 Å². The Morgan fingerprint density at radius 2 is 1.76 bits per heavy atom. The molecule has 0 amide bonds. The van der Waals surface area contributed by atoms with Crippen LogP contribution in [-0.4, -0.2) is 18.6 Å². The minimum absolute atomic E-state index is 0.456. The van der Waals surface area contributed by atoms with Crippen LogP contribution >= 0.6 is 0 Å². The highest BCUT2D eigenvalue weighted by Crippen LogP contribution is 2.16. The molecule has 2 heteroatoms. The van der Waals surface area contributed by atoms with Crippen LogP contribution in [0.15, 0.2) is 30.3 Å². The minimum atomic E-state index is 0.456. The number of nitrogens with one attached hydrogen (secondary N) is 1. The fraction of sp³-hybridized carbons (Fsp3) is 0.600. The maximum absolute atomic E-state index is 5.90. The van der Waals surface area contributed by atoms with E-state index in [2.05, 4.69) is 35.6 Å². The van der Waals surface area contributed by atoms with Gasteiger partial charge in [-0.25, -0.2) is 0 Å². The lowest BCUT2D eigenvalue weighted by Crippen LogP contribution is -2.37. The number of hydrogen-bond acceptors (Lipinski definition) is 2. The van der Waals surface area contributed by atoms with Gasteiger partial charge in [0.1, 0.15) is 0 Å². The molecule has 0 aromatic heterocycles. The second kappa shape index (κ2) is 6.77. The fourth-order valence-corrected chi connectivity index (χ4v) is 2.57. The fourth-order valence-electron chi connectivity index (χ4n) is 2.57. The Morgan fingerprint density at radius 3 is 2.47 bits per heavy atom. The lowest BCUT2D eigenvalue weighted by Gasteiger charge is -2.26. The molecule has 1 aromatic carbocycles. The van der Waals surface area contributed by atoms with E-state index in [0.717, 1.165) is 6.54 Å². The topological polar surface area (TPSA) is 38.0 Å². The summed E-state index contributed by atoms with van der Waals surface area (Å²) in [5.41, 5.74) is 7.34. The predicted octanol–water partition coefficient (Wildman–Crippen LogP) is 2.48. The summed E-state index contributed by atoms with van der Waals surface area (Å²) >= 11 is 0. The van der Waals surface area contributed by atoms with Crippen molar-refractivity contribution in [2.75, 3.05) is 6.54 Å². The van der Waals surface area contributed by atoms with Crippen LogP contribution in [-0.2, 0) is 6.42 Å². The maximum atomic E-state index is 5.90. The van der Waals surface area contributed by atoms with Gasteiger partial charge in [-0.1, -0.05) is 30.3 Å². The van der Waals surface area contributed by atoms with Gasteiger partial charge in [0.2, 0.25) is 0 Å². The first-order chi connectivity index (χ1) is 8.34. The van der Waals surface area contributed by atoms with Crippen LogP contribution in [0.1, 0.15) is 37.7 Å². The van der Waals surface area contributed by atoms with Crippen molar-refractivity contribution in [3.8, 4) is 0 Å². The summed E-state index contributed by atoms with van der Waals surface area (Å²) in [6.45, 7) is 1.13. The number of benzene rings is 1. The molecule has 0 bridgehead atoms. The molecule has 2 nitrogen and oxygen atoms in total. The van der Waals surface area contributed by atoms with Crippen LogP contribution in [0.5, 0.6) is 0 Å². The predicted molar refractivity (Wildman–Crippen MR) is 73.0 cm³/mol. The molecule has 0 heterocycles. The zero-order valence-electron chi connectivity index (χ0n) is 10.6. The Balaban J connectivity index is 1.57. The number of rotatable bonds is 5. The molecule has 0 aliphatic heterocycles. The largest absolute Gasteiger partial charge is 0.328 e. The molecule has 17 heavy (non-hydrogen) atoms. The van der Waals surface area contributed by atoms with Crippen molar-refractivity contribution >= 4 is 0 Å². The Bertz CT molecular complexity index is 302. The summed E-state index contributed by atoms with van der Waals surface area (Å²) in [5.74, 6) is 0. The van der Waals surface area contributed by atoms with E-state index < -0.39 is 0 Å². The maximum Gasteiger partial charge on any atom is 0.00682 e. The highest BCUT2D eigenvalue weighted by molar-refractivity contribution is 5.14. The first kappa shape index (κ1) is 12.6. The van der Waals surface area contributed by atoms with Crippen molar-refractivity contribution in [1.82, 2.24) is 5.32 Å². The van der Waals surface area contributed by atoms with Crippen LogP contribution in [0.4, 0.5) is 0 Å². The molecule has 2 rings (SSSR count). The average molecular weight is 232 g/mol. The monoisotopic (exact) mass is 232 g/mol. The average Bonchev–Trinajstić information content (AvgIpc) is 2.38. The van der Waals surface area contributed by atoms with Gasteiger partial charge in [0.25, 0.3) is 0 Å². The smallest absolute Gasteiger partial charge is 0.00682 e. The molecule has 1 fully saturated rings. The molecular weight excluding hydrogens is 208 g/mol. The number of aryl methyl sites for hydroxylation is 1. The zero-order valence-corrected chi connectivity index (χ0v) is 10.6. The zero-order chi connectivity index (χ0) is 11.9. The summed E-state index contributed by atoms with van der Waals surface area (Å²) in [6, 6.07) is 11.9. The Kier molecular flexibility index (Phi) is 5.02. The van der Waals surface area contributed by atoms with Gasteiger partial charge in [-0.2, -0.15) is 0 Å². The van der Waals surface area contributed by atoms with Gasteiger partial charge in [-0.05, 0) is 50.6 Å². The van der Waals surface area contributed by atoms with E-state index in [0.29, 0.717) is 12.1 Å². The van der Waals surface area contributed by atoms with Gasteiger partial charge in [0.15, 0.2) is 0 Å². The highest BCUT2D eigenvalue weighted by Gasteiger charge is 2.17. The van der Waals surface area contributed by atoms with E-state index in [-0.39, 0.29) is 0 Å². The lowest BCUT2D eigenvalue weighted by atomic mass is 9.92. The number of hydrogen-bond donors (Lipinski definition) is 2. The third-order valence-corrected chi connectivity index (χ3v) is 3.69. The molecule has 94 valence electrons. The molecule has 1 aliphatic carbocycles. The van der Waals surface area contributed by atoms with Crippen molar-refractivity contribution in [1.29, 1.82) is 0 Å². The van der Waals surface area contributed by atoms with Crippen LogP contribution in [0, 0.1) is 0 Å². The standard InChI is InChI=1S/C15H24N2/c16-14-8-10-15(11-9-14)17-12-4-7-13-5-2-1-3-6-13/h1-3,5-6,14-15,17H,4,7-12,16H2. The third-order valence-electron chi connectivity index (χ3n) is 3.69. The summed E-state index contributed by atoms with van der Waals surface area (Å²) in [7, 11) is 0. The van der Waals surface area contributed by atoms with Crippen molar-refractivity contribution in [3.05, 3.63) is 35.9 Å². The third kappa shape index (κ3) is 4.49. The molecule has 1 aromatic rings. The van der Waals surface area contributed by atoms with E-state index in [9.17, 15) is 0 Å². The van der Waals surface area contributed by atoms with E-state index >= 15 is 0 Å². The first-order valence-corrected chi connectivity index (χ1v) is 6.87. The van der Waals surface area contributed by atoms with Crippen molar-refractivity contribution < 1.29 is 0 Å². The van der Waals surface area contributed by atoms with Gasteiger partial charge in [-0.15, -0.1) is 0 Å². The molecule has 0 saturated heterocycles. The van der Waals surface area contributed by atoms with Gasteiger partial charge in [-0.3, -0.25) is 0 Å². The molecule has 0 atom stereocenters. The van der Waals surface area contributed by atoms with Gasteiger partial charge >= 0.3 is 0 Å². The van der Waals surface area contributed by atoms with Crippen LogP contribution in [0.3, 0.4) is 0 Å². The Hall–Kier alpha value is -0.860. The second-order valence-corrected chi connectivity index (χ2v) is 5.15. The normalized spacial score (nSPS) is 24.8. The quantitative estimate of drug-likeness (QED) is 0.765. The summed E-state index contributed by atoms with van der Waals surface area (Å²) in [5, 5.41) is 3.66. The highest BCUT2D eigenvalue weighted by atomic mass is 14.9. The van der Waals surface area contributed by atoms with E-state index in [1.54, 1.807) is 0 Å². The van der Waals surface area contributed by atoms with Crippen molar-refractivity contribution in [3.63, 3.8) is 0 Å². The molecule has 1 saturated carbocycles.